The fraction of sp³-hybridized carbons (Fsp3) is 0.308. The Labute approximate surface area is 114 Å². The number of aryl methyl sites for hydroxylation is 1. The maximum atomic E-state index is 12.4. The predicted octanol–water partition coefficient (Wildman–Crippen LogP) is -0.209. The Bertz CT molecular complexity index is 668. The summed E-state index contributed by atoms with van der Waals surface area (Å²) in [4.78, 5) is 52.4. The standard InChI is InChI=1S/C13H11N3O4/c1-6-4-14-5-7-10(6)13(20)16(12(7)19)8-2-3-9(17)15-11(8)18/h4-5,8H,2-3H2,1H3,(H,15,17,18). The van der Waals surface area contributed by atoms with Gasteiger partial charge in [0.15, 0.2) is 0 Å². The van der Waals surface area contributed by atoms with Crippen LogP contribution in [0.2, 0.25) is 0 Å². The molecule has 0 saturated carbocycles. The molecule has 1 unspecified atom stereocenters. The van der Waals surface area contributed by atoms with Crippen LogP contribution in [-0.4, -0.2) is 39.6 Å². The molecule has 3 heterocycles. The zero-order chi connectivity index (χ0) is 14.4. The van der Waals surface area contributed by atoms with E-state index < -0.39 is 23.8 Å². The summed E-state index contributed by atoms with van der Waals surface area (Å²) in [7, 11) is 0. The molecule has 0 aliphatic carbocycles. The van der Waals surface area contributed by atoms with Gasteiger partial charge in [0.05, 0.1) is 11.1 Å². The zero-order valence-electron chi connectivity index (χ0n) is 10.7. The summed E-state index contributed by atoms with van der Waals surface area (Å²) < 4.78 is 0. The van der Waals surface area contributed by atoms with Gasteiger partial charge in [0.1, 0.15) is 6.04 Å². The first-order chi connectivity index (χ1) is 9.50. The Kier molecular flexibility index (Phi) is 2.63. The highest BCUT2D eigenvalue weighted by atomic mass is 16.2. The minimum absolute atomic E-state index is 0.112. The van der Waals surface area contributed by atoms with E-state index in [1.807, 2.05) is 0 Å². The van der Waals surface area contributed by atoms with Crippen molar-refractivity contribution in [2.75, 3.05) is 0 Å². The van der Waals surface area contributed by atoms with Crippen LogP contribution in [0.15, 0.2) is 12.4 Å². The number of pyridine rings is 1. The SMILES string of the molecule is Cc1cncc2c1C(=O)N(C1CCC(=O)NC1=O)C2=O. The average Bonchev–Trinajstić information content (AvgIpc) is 2.64. The Morgan fingerprint density at radius 3 is 2.60 bits per heavy atom. The molecule has 4 amide bonds. The molecular formula is C13H11N3O4. The summed E-state index contributed by atoms with van der Waals surface area (Å²) in [6, 6.07) is -0.931. The third kappa shape index (κ3) is 1.63. The first kappa shape index (κ1) is 12.5. The fourth-order valence-corrected chi connectivity index (χ4v) is 2.57. The molecule has 1 saturated heterocycles. The molecule has 0 spiro atoms. The minimum Gasteiger partial charge on any atom is -0.295 e. The van der Waals surface area contributed by atoms with Crippen LogP contribution in [0.25, 0.3) is 0 Å². The number of imide groups is 2. The van der Waals surface area contributed by atoms with E-state index in [4.69, 9.17) is 0 Å². The van der Waals surface area contributed by atoms with E-state index in [0.29, 0.717) is 5.56 Å². The average molecular weight is 273 g/mol. The second-order valence-corrected chi connectivity index (χ2v) is 4.83. The van der Waals surface area contributed by atoms with Crippen molar-refractivity contribution in [2.45, 2.75) is 25.8 Å². The number of hydrogen-bond acceptors (Lipinski definition) is 5. The van der Waals surface area contributed by atoms with Gasteiger partial charge in [-0.2, -0.15) is 0 Å². The monoisotopic (exact) mass is 273 g/mol. The van der Waals surface area contributed by atoms with Crippen LogP contribution in [0, 0.1) is 6.92 Å². The smallest absolute Gasteiger partial charge is 0.263 e. The number of rotatable bonds is 1. The van der Waals surface area contributed by atoms with Crippen molar-refractivity contribution in [1.29, 1.82) is 0 Å². The van der Waals surface area contributed by atoms with E-state index >= 15 is 0 Å². The number of carbonyl (C=O) groups excluding carboxylic acids is 4. The molecule has 2 aliphatic heterocycles. The Morgan fingerprint density at radius 1 is 1.20 bits per heavy atom. The van der Waals surface area contributed by atoms with Gasteiger partial charge in [-0.25, -0.2) is 0 Å². The molecule has 2 aliphatic rings. The summed E-state index contributed by atoms with van der Waals surface area (Å²) in [6.07, 6.45) is 3.09. The molecule has 1 fully saturated rings. The van der Waals surface area contributed by atoms with Crippen LogP contribution in [0.4, 0.5) is 0 Å². The van der Waals surface area contributed by atoms with Gasteiger partial charge in [0, 0.05) is 18.8 Å². The fourth-order valence-electron chi connectivity index (χ4n) is 2.57. The van der Waals surface area contributed by atoms with E-state index in [1.165, 1.54) is 12.4 Å². The highest BCUT2D eigenvalue weighted by Gasteiger charge is 2.45. The second-order valence-electron chi connectivity index (χ2n) is 4.83. The third-order valence-corrected chi connectivity index (χ3v) is 3.54. The molecule has 1 atom stereocenters. The number of aromatic nitrogens is 1. The molecule has 20 heavy (non-hydrogen) atoms. The van der Waals surface area contributed by atoms with E-state index in [-0.39, 0.29) is 29.9 Å². The number of hydrogen-bond donors (Lipinski definition) is 1. The number of nitrogens with zero attached hydrogens (tertiary/aromatic N) is 2. The molecule has 0 radical (unpaired) electrons. The molecule has 3 rings (SSSR count). The number of fused-ring (bicyclic) bond motifs is 1. The maximum Gasteiger partial charge on any atom is 0.263 e. The summed E-state index contributed by atoms with van der Waals surface area (Å²) in [6.45, 7) is 1.69. The molecule has 1 N–H and O–H groups in total. The highest BCUT2D eigenvalue weighted by Crippen LogP contribution is 2.28. The first-order valence-electron chi connectivity index (χ1n) is 6.17. The van der Waals surface area contributed by atoms with Crippen LogP contribution in [0.3, 0.4) is 0 Å². The van der Waals surface area contributed by atoms with E-state index in [0.717, 1.165) is 4.90 Å². The van der Waals surface area contributed by atoms with E-state index in [2.05, 4.69) is 10.3 Å². The van der Waals surface area contributed by atoms with Crippen LogP contribution in [0.5, 0.6) is 0 Å². The lowest BCUT2D eigenvalue weighted by molar-refractivity contribution is -0.136. The molecule has 1 aromatic heterocycles. The van der Waals surface area contributed by atoms with Crippen molar-refractivity contribution in [3.05, 3.63) is 29.1 Å². The lowest BCUT2D eigenvalue weighted by atomic mass is 10.0. The zero-order valence-corrected chi connectivity index (χ0v) is 10.7. The lowest BCUT2D eigenvalue weighted by Gasteiger charge is -2.27. The quantitative estimate of drug-likeness (QED) is 0.714. The largest absolute Gasteiger partial charge is 0.295 e. The summed E-state index contributed by atoms with van der Waals surface area (Å²) in [5.74, 6) is -2.03. The van der Waals surface area contributed by atoms with Gasteiger partial charge < -0.3 is 0 Å². The van der Waals surface area contributed by atoms with Crippen molar-refractivity contribution in [1.82, 2.24) is 15.2 Å². The lowest BCUT2D eigenvalue weighted by Crippen LogP contribution is -2.54. The summed E-state index contributed by atoms with van der Waals surface area (Å²) in [5.41, 5.74) is 1.09. The van der Waals surface area contributed by atoms with Gasteiger partial charge >= 0.3 is 0 Å². The third-order valence-electron chi connectivity index (χ3n) is 3.54. The molecule has 0 bridgehead atoms. The number of piperidine rings is 1. The second kappa shape index (κ2) is 4.22. The van der Waals surface area contributed by atoms with Gasteiger partial charge in [-0.05, 0) is 18.9 Å². The minimum atomic E-state index is -0.931. The van der Waals surface area contributed by atoms with Gasteiger partial charge in [0.2, 0.25) is 11.8 Å². The topological polar surface area (TPSA) is 96.4 Å². The Balaban J connectivity index is 2.00. The van der Waals surface area contributed by atoms with E-state index in [1.54, 1.807) is 6.92 Å². The molecule has 0 aromatic carbocycles. The first-order valence-corrected chi connectivity index (χ1v) is 6.17. The molecule has 7 nitrogen and oxygen atoms in total. The van der Waals surface area contributed by atoms with Crippen LogP contribution in [0.1, 0.15) is 39.1 Å². The van der Waals surface area contributed by atoms with Crippen LogP contribution >= 0.6 is 0 Å². The van der Waals surface area contributed by atoms with Crippen molar-refractivity contribution in [2.24, 2.45) is 0 Å². The number of nitrogens with one attached hydrogen (secondary N) is 1. The predicted molar refractivity (Wildman–Crippen MR) is 65.6 cm³/mol. The van der Waals surface area contributed by atoms with Crippen LogP contribution in [-0.2, 0) is 9.59 Å². The molecule has 7 heteroatoms. The Hall–Kier alpha value is -2.57. The Morgan fingerprint density at radius 2 is 1.95 bits per heavy atom. The van der Waals surface area contributed by atoms with Crippen molar-refractivity contribution in [3.63, 3.8) is 0 Å². The highest BCUT2D eigenvalue weighted by molar-refractivity contribution is 6.23. The van der Waals surface area contributed by atoms with Gasteiger partial charge in [-0.1, -0.05) is 0 Å². The summed E-state index contributed by atoms with van der Waals surface area (Å²) in [5, 5.41) is 2.15. The number of carbonyl (C=O) groups is 4. The van der Waals surface area contributed by atoms with Gasteiger partial charge in [-0.15, -0.1) is 0 Å². The van der Waals surface area contributed by atoms with Crippen molar-refractivity contribution in [3.8, 4) is 0 Å². The molecule has 102 valence electrons. The van der Waals surface area contributed by atoms with Crippen molar-refractivity contribution < 1.29 is 19.2 Å². The van der Waals surface area contributed by atoms with Gasteiger partial charge in [-0.3, -0.25) is 34.4 Å². The molecule has 1 aromatic rings. The van der Waals surface area contributed by atoms with E-state index in [9.17, 15) is 19.2 Å². The summed E-state index contributed by atoms with van der Waals surface area (Å²) >= 11 is 0. The maximum absolute atomic E-state index is 12.4. The van der Waals surface area contributed by atoms with Crippen LogP contribution < -0.4 is 5.32 Å². The number of amides is 4. The molecular weight excluding hydrogens is 262 g/mol. The van der Waals surface area contributed by atoms with Gasteiger partial charge in [0.25, 0.3) is 11.8 Å². The normalized spacial score (nSPS) is 22.1. The van der Waals surface area contributed by atoms with Crippen molar-refractivity contribution >= 4 is 23.6 Å².